The molecule has 5 heteroatoms. The molecular weight excluding hydrogens is 221 g/mol. The Morgan fingerprint density at radius 3 is 2.71 bits per heavy atom. The predicted octanol–water partition coefficient (Wildman–Crippen LogP) is 1.97. The van der Waals surface area contributed by atoms with Crippen molar-refractivity contribution in [1.29, 1.82) is 0 Å². The lowest BCUT2D eigenvalue weighted by Gasteiger charge is -2.21. The van der Waals surface area contributed by atoms with Gasteiger partial charge in [0.1, 0.15) is 11.5 Å². The minimum Gasteiger partial charge on any atom is -0.297 e. The first kappa shape index (κ1) is 11.6. The zero-order valence-corrected chi connectivity index (χ0v) is 9.85. The summed E-state index contributed by atoms with van der Waals surface area (Å²) in [5.74, 6) is -0.361. The molecule has 0 unspecified atom stereocenters. The van der Waals surface area contributed by atoms with Gasteiger partial charge in [-0.25, -0.2) is 4.39 Å². The van der Waals surface area contributed by atoms with Gasteiger partial charge in [-0.15, -0.1) is 0 Å². The van der Waals surface area contributed by atoms with Crippen molar-refractivity contribution in [2.75, 3.05) is 18.1 Å². The molecular formula is C12H14FN3O. The summed E-state index contributed by atoms with van der Waals surface area (Å²) in [7, 11) is 0. The largest absolute Gasteiger partial charge is 0.297 e. The van der Waals surface area contributed by atoms with Crippen LogP contribution in [0.1, 0.15) is 24.3 Å². The summed E-state index contributed by atoms with van der Waals surface area (Å²) < 4.78 is 13.2. The molecule has 4 nitrogen and oxygen atoms in total. The van der Waals surface area contributed by atoms with Gasteiger partial charge < -0.3 is 0 Å². The van der Waals surface area contributed by atoms with E-state index in [1.165, 1.54) is 12.1 Å². The van der Waals surface area contributed by atoms with E-state index in [1.54, 1.807) is 10.9 Å². The predicted molar refractivity (Wildman–Crippen MR) is 64.4 cm³/mol. The van der Waals surface area contributed by atoms with Crippen molar-refractivity contribution in [3.63, 3.8) is 0 Å². The summed E-state index contributed by atoms with van der Waals surface area (Å²) in [5.41, 5.74) is 1.02. The third kappa shape index (κ3) is 1.88. The Hall–Kier alpha value is -1.91. The number of carbonyl (C=O) groups is 1. The molecule has 90 valence electrons. The number of nitrogens with zero attached hydrogens (tertiary/aromatic N) is 3. The normalized spacial score (nSPS) is 10.8. The zero-order chi connectivity index (χ0) is 12.4. The fourth-order valence-electron chi connectivity index (χ4n) is 1.88. The molecule has 1 heterocycles. The number of hydrogen-bond donors (Lipinski definition) is 0. The first-order valence-electron chi connectivity index (χ1n) is 5.60. The van der Waals surface area contributed by atoms with Crippen LogP contribution in [-0.4, -0.2) is 29.3 Å². The second-order valence-electron chi connectivity index (χ2n) is 3.69. The van der Waals surface area contributed by atoms with Crippen LogP contribution in [0.5, 0.6) is 0 Å². The molecule has 0 aliphatic heterocycles. The van der Waals surface area contributed by atoms with E-state index < -0.39 is 0 Å². The maximum atomic E-state index is 13.2. The van der Waals surface area contributed by atoms with E-state index in [2.05, 4.69) is 5.10 Å². The monoisotopic (exact) mass is 235 g/mol. The molecule has 0 fully saturated rings. The summed E-state index contributed by atoms with van der Waals surface area (Å²) in [6, 6.07) is 4.26. The van der Waals surface area contributed by atoms with Gasteiger partial charge in [0.15, 0.2) is 6.29 Å². The van der Waals surface area contributed by atoms with E-state index in [9.17, 15) is 9.18 Å². The van der Waals surface area contributed by atoms with E-state index in [0.29, 0.717) is 22.9 Å². The van der Waals surface area contributed by atoms with Crippen LogP contribution in [-0.2, 0) is 0 Å². The third-order valence-electron chi connectivity index (χ3n) is 2.76. The van der Waals surface area contributed by atoms with Crippen molar-refractivity contribution in [2.24, 2.45) is 0 Å². The lowest BCUT2D eigenvalue weighted by molar-refractivity contribution is 0.111. The molecule has 2 aromatic rings. The van der Waals surface area contributed by atoms with Crippen LogP contribution in [0.15, 0.2) is 18.2 Å². The number of hydrogen-bond acceptors (Lipinski definition) is 3. The van der Waals surface area contributed by atoms with Gasteiger partial charge >= 0.3 is 0 Å². The van der Waals surface area contributed by atoms with Gasteiger partial charge in [-0.1, -0.05) is 0 Å². The fourth-order valence-corrected chi connectivity index (χ4v) is 1.88. The Morgan fingerprint density at radius 1 is 1.41 bits per heavy atom. The molecule has 0 atom stereocenters. The average Bonchev–Trinajstić information content (AvgIpc) is 2.68. The standard InChI is InChI=1S/C12H14FN3O/c1-3-15(4-2)16-12(8-17)10-7-9(13)5-6-11(10)14-16/h5-8H,3-4H2,1-2H3. The average molecular weight is 235 g/mol. The summed E-state index contributed by atoms with van der Waals surface area (Å²) in [5, 5.41) is 6.76. The van der Waals surface area contributed by atoms with E-state index in [1.807, 2.05) is 18.9 Å². The number of rotatable bonds is 4. The van der Waals surface area contributed by atoms with E-state index in [-0.39, 0.29) is 5.82 Å². The van der Waals surface area contributed by atoms with Gasteiger partial charge in [0.25, 0.3) is 0 Å². The Balaban J connectivity index is 2.67. The SMILES string of the molecule is CCN(CC)n1nc2ccc(F)cc2c1C=O. The number of halogens is 1. The van der Waals surface area contributed by atoms with Gasteiger partial charge in [-0.3, -0.25) is 9.80 Å². The van der Waals surface area contributed by atoms with Crippen molar-refractivity contribution in [2.45, 2.75) is 13.8 Å². The molecule has 17 heavy (non-hydrogen) atoms. The van der Waals surface area contributed by atoms with Gasteiger partial charge in [-0.2, -0.15) is 9.89 Å². The van der Waals surface area contributed by atoms with Crippen LogP contribution < -0.4 is 5.01 Å². The van der Waals surface area contributed by atoms with Gasteiger partial charge in [0.2, 0.25) is 0 Å². The Morgan fingerprint density at radius 2 is 2.12 bits per heavy atom. The molecule has 0 saturated carbocycles. The first-order chi connectivity index (χ1) is 8.21. The highest BCUT2D eigenvalue weighted by Crippen LogP contribution is 2.18. The van der Waals surface area contributed by atoms with Crippen molar-refractivity contribution in [3.8, 4) is 0 Å². The fraction of sp³-hybridized carbons (Fsp3) is 0.333. The van der Waals surface area contributed by atoms with E-state index in [0.717, 1.165) is 13.1 Å². The van der Waals surface area contributed by atoms with Crippen molar-refractivity contribution in [3.05, 3.63) is 29.7 Å². The zero-order valence-electron chi connectivity index (χ0n) is 9.85. The van der Waals surface area contributed by atoms with Crippen molar-refractivity contribution in [1.82, 2.24) is 9.89 Å². The first-order valence-corrected chi connectivity index (χ1v) is 5.60. The highest BCUT2D eigenvalue weighted by Gasteiger charge is 2.14. The van der Waals surface area contributed by atoms with Gasteiger partial charge in [0, 0.05) is 18.5 Å². The van der Waals surface area contributed by atoms with Crippen LogP contribution in [0.25, 0.3) is 10.9 Å². The summed E-state index contributed by atoms with van der Waals surface area (Å²) in [4.78, 5) is 12.7. The minimum absolute atomic E-state index is 0.361. The third-order valence-corrected chi connectivity index (χ3v) is 2.76. The maximum Gasteiger partial charge on any atom is 0.170 e. The molecule has 2 rings (SSSR count). The number of benzene rings is 1. The second kappa shape index (κ2) is 4.53. The lowest BCUT2D eigenvalue weighted by Crippen LogP contribution is -2.36. The van der Waals surface area contributed by atoms with E-state index >= 15 is 0 Å². The Labute approximate surface area is 98.6 Å². The maximum absolute atomic E-state index is 13.2. The van der Waals surface area contributed by atoms with Crippen LogP contribution in [0.2, 0.25) is 0 Å². The summed E-state index contributed by atoms with van der Waals surface area (Å²) >= 11 is 0. The molecule has 0 spiro atoms. The molecule has 0 aliphatic carbocycles. The highest BCUT2D eigenvalue weighted by molar-refractivity contribution is 5.95. The number of carbonyl (C=O) groups excluding carboxylic acids is 1. The summed E-state index contributed by atoms with van der Waals surface area (Å²) in [6.45, 7) is 5.41. The molecule has 1 aromatic carbocycles. The highest BCUT2D eigenvalue weighted by atomic mass is 19.1. The van der Waals surface area contributed by atoms with Gasteiger partial charge in [0.05, 0.1) is 5.52 Å². The Kier molecular flexibility index (Phi) is 3.08. The number of aldehydes is 1. The van der Waals surface area contributed by atoms with Crippen LogP contribution >= 0.6 is 0 Å². The summed E-state index contributed by atoms with van der Waals surface area (Å²) in [6.07, 6.45) is 0.715. The Bertz CT molecular complexity index is 546. The molecule has 1 aromatic heterocycles. The van der Waals surface area contributed by atoms with Crippen molar-refractivity contribution < 1.29 is 9.18 Å². The lowest BCUT2D eigenvalue weighted by atomic mass is 10.2. The van der Waals surface area contributed by atoms with Crippen molar-refractivity contribution >= 4 is 17.2 Å². The minimum atomic E-state index is -0.361. The molecule has 0 N–H and O–H groups in total. The second-order valence-corrected chi connectivity index (χ2v) is 3.69. The smallest absolute Gasteiger partial charge is 0.170 e. The van der Waals surface area contributed by atoms with Crippen LogP contribution in [0, 0.1) is 5.82 Å². The molecule has 0 aliphatic rings. The van der Waals surface area contributed by atoms with Gasteiger partial charge in [-0.05, 0) is 32.0 Å². The molecule has 0 saturated heterocycles. The molecule has 0 radical (unpaired) electrons. The topological polar surface area (TPSA) is 38.1 Å². The quantitative estimate of drug-likeness (QED) is 0.760. The molecule has 0 bridgehead atoms. The van der Waals surface area contributed by atoms with E-state index in [4.69, 9.17) is 0 Å². The van der Waals surface area contributed by atoms with Crippen LogP contribution in [0.3, 0.4) is 0 Å². The molecule has 0 amide bonds. The number of fused-ring (bicyclic) bond motifs is 1. The van der Waals surface area contributed by atoms with Crippen LogP contribution in [0.4, 0.5) is 4.39 Å². The number of aromatic nitrogens is 2.